The Morgan fingerprint density at radius 2 is 2.00 bits per heavy atom. The van der Waals surface area contributed by atoms with E-state index in [1.54, 1.807) is 6.07 Å². The van der Waals surface area contributed by atoms with Crippen LogP contribution < -0.4 is 11.3 Å². The summed E-state index contributed by atoms with van der Waals surface area (Å²) in [6, 6.07) is 8.04. The van der Waals surface area contributed by atoms with Gasteiger partial charge in [0.25, 0.3) is 0 Å². The highest BCUT2D eigenvalue weighted by Crippen LogP contribution is 2.34. The predicted molar refractivity (Wildman–Crippen MR) is 91.2 cm³/mol. The summed E-state index contributed by atoms with van der Waals surface area (Å²) in [7, 11) is 0. The van der Waals surface area contributed by atoms with Gasteiger partial charge in [0.15, 0.2) is 0 Å². The number of halogens is 2. The fraction of sp³-hybridized carbons (Fsp3) is 0.375. The molecular weight excluding hydrogens is 323 g/mol. The summed E-state index contributed by atoms with van der Waals surface area (Å²) in [5.41, 5.74) is 5.51. The summed E-state index contributed by atoms with van der Waals surface area (Å²) in [4.78, 5) is 2.83. The van der Waals surface area contributed by atoms with Crippen molar-refractivity contribution in [3.8, 4) is 0 Å². The van der Waals surface area contributed by atoms with Crippen molar-refractivity contribution in [1.82, 2.24) is 5.43 Å². The van der Waals surface area contributed by atoms with Gasteiger partial charge in [-0.05, 0) is 61.4 Å². The Labute approximate surface area is 139 Å². The molecule has 0 fully saturated rings. The van der Waals surface area contributed by atoms with Gasteiger partial charge in [0.1, 0.15) is 0 Å². The molecule has 1 atom stereocenters. The van der Waals surface area contributed by atoms with Crippen LogP contribution >= 0.6 is 34.5 Å². The van der Waals surface area contributed by atoms with Crippen LogP contribution in [0.5, 0.6) is 0 Å². The van der Waals surface area contributed by atoms with Gasteiger partial charge in [0.2, 0.25) is 0 Å². The Morgan fingerprint density at radius 3 is 2.71 bits per heavy atom. The Hall–Kier alpha value is -0.580. The first-order valence-corrected chi connectivity index (χ1v) is 8.76. The number of hydrogen-bond acceptors (Lipinski definition) is 3. The van der Waals surface area contributed by atoms with Crippen LogP contribution in [0, 0.1) is 0 Å². The number of thiophene rings is 1. The van der Waals surface area contributed by atoms with Gasteiger partial charge < -0.3 is 0 Å². The van der Waals surface area contributed by atoms with Gasteiger partial charge in [0.05, 0.1) is 6.04 Å². The average molecular weight is 341 g/mol. The third-order valence-corrected chi connectivity index (χ3v) is 5.94. The van der Waals surface area contributed by atoms with Gasteiger partial charge in [-0.25, -0.2) is 0 Å². The summed E-state index contributed by atoms with van der Waals surface area (Å²) in [5.74, 6) is 5.78. The second kappa shape index (κ2) is 6.67. The Kier molecular flexibility index (Phi) is 4.87. The van der Waals surface area contributed by atoms with Crippen molar-refractivity contribution < 1.29 is 0 Å². The van der Waals surface area contributed by atoms with Crippen molar-refractivity contribution in [1.29, 1.82) is 0 Å². The molecule has 0 spiro atoms. The number of benzene rings is 1. The van der Waals surface area contributed by atoms with E-state index in [2.05, 4.69) is 11.5 Å². The van der Waals surface area contributed by atoms with E-state index < -0.39 is 0 Å². The van der Waals surface area contributed by atoms with Crippen molar-refractivity contribution >= 4 is 34.5 Å². The number of hydrazine groups is 1. The quantitative estimate of drug-likeness (QED) is 0.626. The van der Waals surface area contributed by atoms with Crippen LogP contribution in [0.4, 0.5) is 0 Å². The van der Waals surface area contributed by atoms with Gasteiger partial charge in [-0.15, -0.1) is 11.3 Å². The molecule has 0 amide bonds. The van der Waals surface area contributed by atoms with E-state index in [1.807, 2.05) is 23.5 Å². The topological polar surface area (TPSA) is 38.0 Å². The van der Waals surface area contributed by atoms with Crippen LogP contribution in [-0.2, 0) is 19.3 Å². The standard InChI is InChI=1S/C16H18Cl2N2S/c17-12-6-5-10(13(18)9-12)7-14(20-19)16-8-11-3-1-2-4-15(11)21-16/h5-6,8-9,14,20H,1-4,7,19H2. The number of fused-ring (bicyclic) bond motifs is 1. The fourth-order valence-electron chi connectivity index (χ4n) is 2.83. The predicted octanol–water partition coefficient (Wildman–Crippen LogP) is 4.68. The molecule has 0 radical (unpaired) electrons. The van der Waals surface area contributed by atoms with Crippen LogP contribution in [0.2, 0.25) is 10.0 Å². The molecule has 21 heavy (non-hydrogen) atoms. The highest BCUT2D eigenvalue weighted by molar-refractivity contribution is 7.12. The minimum Gasteiger partial charge on any atom is -0.271 e. The van der Waals surface area contributed by atoms with Gasteiger partial charge in [0, 0.05) is 19.8 Å². The summed E-state index contributed by atoms with van der Waals surface area (Å²) in [6.45, 7) is 0. The molecule has 0 aliphatic heterocycles. The van der Waals surface area contributed by atoms with Crippen LogP contribution in [0.25, 0.3) is 0 Å². The van der Waals surface area contributed by atoms with Gasteiger partial charge in [-0.1, -0.05) is 29.3 Å². The number of aryl methyl sites for hydroxylation is 2. The zero-order chi connectivity index (χ0) is 14.8. The smallest absolute Gasteiger partial charge is 0.0594 e. The number of hydrogen-bond donors (Lipinski definition) is 2. The van der Waals surface area contributed by atoms with Crippen LogP contribution in [0.1, 0.15) is 39.8 Å². The molecule has 1 aromatic carbocycles. The zero-order valence-electron chi connectivity index (χ0n) is 11.7. The fourth-order valence-corrected chi connectivity index (χ4v) is 4.64. The second-order valence-corrected chi connectivity index (χ2v) is 7.48. The lowest BCUT2D eigenvalue weighted by Crippen LogP contribution is -2.29. The molecule has 5 heteroatoms. The van der Waals surface area contributed by atoms with E-state index in [1.165, 1.54) is 41.0 Å². The molecular formula is C16H18Cl2N2S. The zero-order valence-corrected chi connectivity index (χ0v) is 14.0. The molecule has 1 heterocycles. The van der Waals surface area contributed by atoms with Gasteiger partial charge in [-0.3, -0.25) is 11.3 Å². The maximum atomic E-state index is 6.27. The minimum atomic E-state index is 0.0966. The molecule has 1 aliphatic rings. The summed E-state index contributed by atoms with van der Waals surface area (Å²) in [6.07, 6.45) is 5.78. The number of rotatable bonds is 4. The Balaban J connectivity index is 1.83. The van der Waals surface area contributed by atoms with E-state index in [4.69, 9.17) is 29.0 Å². The average Bonchev–Trinajstić information content (AvgIpc) is 2.90. The Morgan fingerprint density at radius 1 is 1.19 bits per heavy atom. The minimum absolute atomic E-state index is 0.0966. The van der Waals surface area contributed by atoms with Crippen LogP contribution in [0.15, 0.2) is 24.3 Å². The molecule has 1 unspecified atom stereocenters. The summed E-state index contributed by atoms with van der Waals surface area (Å²) < 4.78 is 0. The van der Waals surface area contributed by atoms with Crippen molar-refractivity contribution in [3.05, 3.63) is 55.2 Å². The molecule has 0 saturated heterocycles. The third kappa shape index (κ3) is 3.43. The largest absolute Gasteiger partial charge is 0.271 e. The molecule has 3 rings (SSSR count). The molecule has 2 nitrogen and oxygen atoms in total. The van der Waals surface area contributed by atoms with Crippen molar-refractivity contribution in [2.45, 2.75) is 38.1 Å². The lowest BCUT2D eigenvalue weighted by molar-refractivity contribution is 0.560. The molecule has 0 bridgehead atoms. The van der Waals surface area contributed by atoms with E-state index >= 15 is 0 Å². The molecule has 2 aromatic rings. The summed E-state index contributed by atoms with van der Waals surface area (Å²) in [5, 5.41) is 1.36. The van der Waals surface area contributed by atoms with Gasteiger partial charge >= 0.3 is 0 Å². The van der Waals surface area contributed by atoms with E-state index in [0.29, 0.717) is 10.0 Å². The summed E-state index contributed by atoms with van der Waals surface area (Å²) >= 11 is 14.1. The SMILES string of the molecule is NNC(Cc1ccc(Cl)cc1Cl)c1cc2c(s1)CCCC2. The van der Waals surface area contributed by atoms with Crippen LogP contribution in [0.3, 0.4) is 0 Å². The Bertz CT molecular complexity index is 616. The maximum absolute atomic E-state index is 6.27. The molecule has 112 valence electrons. The molecule has 0 saturated carbocycles. The van der Waals surface area contributed by atoms with E-state index in [0.717, 1.165) is 12.0 Å². The second-order valence-electron chi connectivity index (χ2n) is 5.46. The lowest BCUT2D eigenvalue weighted by Gasteiger charge is -2.15. The first-order valence-electron chi connectivity index (χ1n) is 7.19. The molecule has 3 N–H and O–H groups in total. The van der Waals surface area contributed by atoms with Crippen molar-refractivity contribution in [2.24, 2.45) is 5.84 Å². The maximum Gasteiger partial charge on any atom is 0.0594 e. The van der Waals surface area contributed by atoms with Crippen molar-refractivity contribution in [2.75, 3.05) is 0 Å². The van der Waals surface area contributed by atoms with Crippen molar-refractivity contribution in [3.63, 3.8) is 0 Å². The van der Waals surface area contributed by atoms with Crippen LogP contribution in [-0.4, -0.2) is 0 Å². The van der Waals surface area contributed by atoms with Gasteiger partial charge in [-0.2, -0.15) is 0 Å². The highest BCUT2D eigenvalue weighted by atomic mass is 35.5. The number of nitrogens with two attached hydrogens (primary N) is 1. The van der Waals surface area contributed by atoms with E-state index in [9.17, 15) is 0 Å². The lowest BCUT2D eigenvalue weighted by atomic mass is 9.98. The highest BCUT2D eigenvalue weighted by Gasteiger charge is 2.19. The molecule has 1 aromatic heterocycles. The number of nitrogens with one attached hydrogen (secondary N) is 1. The first-order chi connectivity index (χ1) is 10.2. The monoisotopic (exact) mass is 340 g/mol. The molecule has 1 aliphatic carbocycles. The first kappa shape index (κ1) is 15.3. The van der Waals surface area contributed by atoms with E-state index in [-0.39, 0.29) is 6.04 Å². The third-order valence-electron chi connectivity index (χ3n) is 4.00. The normalized spacial score (nSPS) is 15.8.